The fourth-order valence-electron chi connectivity index (χ4n) is 4.01. The maximum absolute atomic E-state index is 13.2. The first-order chi connectivity index (χ1) is 13.3. The molecule has 27 heavy (non-hydrogen) atoms. The number of nitrogens with zero attached hydrogens (tertiary/aromatic N) is 3. The molecule has 142 valence electrons. The molecule has 2 aliphatic heterocycles. The number of carbonyl (C=O) groups excluding carboxylic acids is 1. The maximum Gasteiger partial charge on any atom is 0.256 e. The number of hydrogen-bond acceptors (Lipinski definition) is 4. The van der Waals surface area contributed by atoms with Crippen molar-refractivity contribution in [1.82, 2.24) is 9.88 Å². The van der Waals surface area contributed by atoms with Gasteiger partial charge in [-0.25, -0.2) is 0 Å². The SMILES string of the molecule is O=C(c1ccccc1N1CCCC1)N1CCC[C@@H](OCc2cccnc2)C1. The molecule has 2 fully saturated rings. The maximum atomic E-state index is 13.2. The van der Waals surface area contributed by atoms with Crippen molar-refractivity contribution >= 4 is 11.6 Å². The van der Waals surface area contributed by atoms with Gasteiger partial charge in [-0.2, -0.15) is 0 Å². The molecule has 0 aliphatic carbocycles. The van der Waals surface area contributed by atoms with Crippen LogP contribution in [0.5, 0.6) is 0 Å². The van der Waals surface area contributed by atoms with Crippen LogP contribution in [-0.2, 0) is 11.3 Å². The number of carbonyl (C=O) groups is 1. The average molecular weight is 365 g/mol. The summed E-state index contributed by atoms with van der Waals surface area (Å²) in [5.41, 5.74) is 2.98. The number of benzene rings is 1. The lowest BCUT2D eigenvalue weighted by Crippen LogP contribution is -2.43. The summed E-state index contributed by atoms with van der Waals surface area (Å²) in [5, 5.41) is 0. The van der Waals surface area contributed by atoms with Crippen LogP contribution in [0, 0.1) is 0 Å². The van der Waals surface area contributed by atoms with Gasteiger partial charge in [0.2, 0.25) is 0 Å². The second-order valence-corrected chi connectivity index (χ2v) is 7.40. The zero-order chi connectivity index (χ0) is 18.5. The van der Waals surface area contributed by atoms with Crippen LogP contribution in [0.15, 0.2) is 48.8 Å². The molecule has 0 N–H and O–H groups in total. The van der Waals surface area contributed by atoms with Crippen LogP contribution in [0.1, 0.15) is 41.6 Å². The molecule has 0 unspecified atom stereocenters. The number of piperidine rings is 1. The Balaban J connectivity index is 1.41. The second-order valence-electron chi connectivity index (χ2n) is 7.40. The minimum Gasteiger partial charge on any atom is -0.372 e. The molecule has 0 bridgehead atoms. The third kappa shape index (κ3) is 4.30. The van der Waals surface area contributed by atoms with Gasteiger partial charge in [-0.05, 0) is 49.4 Å². The van der Waals surface area contributed by atoms with E-state index in [9.17, 15) is 4.79 Å². The van der Waals surface area contributed by atoms with Crippen molar-refractivity contribution in [3.63, 3.8) is 0 Å². The third-order valence-corrected chi connectivity index (χ3v) is 5.46. The van der Waals surface area contributed by atoms with Gasteiger partial charge in [0.25, 0.3) is 5.91 Å². The van der Waals surface area contributed by atoms with Gasteiger partial charge in [0.15, 0.2) is 0 Å². The first-order valence-corrected chi connectivity index (χ1v) is 9.95. The Kier molecular flexibility index (Phi) is 5.68. The highest BCUT2D eigenvalue weighted by molar-refractivity contribution is 6.00. The number of aromatic nitrogens is 1. The third-order valence-electron chi connectivity index (χ3n) is 5.46. The van der Waals surface area contributed by atoms with Crippen molar-refractivity contribution in [2.75, 3.05) is 31.1 Å². The van der Waals surface area contributed by atoms with E-state index in [1.165, 1.54) is 12.8 Å². The topological polar surface area (TPSA) is 45.7 Å². The zero-order valence-corrected chi connectivity index (χ0v) is 15.7. The van der Waals surface area contributed by atoms with Gasteiger partial charge in [-0.15, -0.1) is 0 Å². The van der Waals surface area contributed by atoms with Gasteiger partial charge in [0.1, 0.15) is 0 Å². The van der Waals surface area contributed by atoms with E-state index in [0.717, 1.165) is 49.3 Å². The molecule has 2 aliphatic rings. The molecule has 0 saturated carbocycles. The van der Waals surface area contributed by atoms with Gasteiger partial charge >= 0.3 is 0 Å². The number of pyridine rings is 1. The van der Waals surface area contributed by atoms with Gasteiger partial charge in [0, 0.05) is 44.3 Å². The quantitative estimate of drug-likeness (QED) is 0.814. The molecule has 1 aromatic carbocycles. The van der Waals surface area contributed by atoms with E-state index in [4.69, 9.17) is 4.74 Å². The van der Waals surface area contributed by atoms with E-state index < -0.39 is 0 Å². The van der Waals surface area contributed by atoms with Gasteiger partial charge < -0.3 is 14.5 Å². The summed E-state index contributed by atoms with van der Waals surface area (Å²) in [7, 11) is 0. The Morgan fingerprint density at radius 2 is 1.93 bits per heavy atom. The molecular weight excluding hydrogens is 338 g/mol. The Bertz CT molecular complexity index is 759. The molecule has 0 spiro atoms. The van der Waals surface area contributed by atoms with Crippen LogP contribution < -0.4 is 4.90 Å². The lowest BCUT2D eigenvalue weighted by atomic mass is 10.1. The molecule has 5 heteroatoms. The highest BCUT2D eigenvalue weighted by Crippen LogP contribution is 2.27. The van der Waals surface area contributed by atoms with Crippen LogP contribution in [0.3, 0.4) is 0 Å². The smallest absolute Gasteiger partial charge is 0.256 e. The number of ether oxygens (including phenoxy) is 1. The molecule has 1 aromatic heterocycles. The normalized spacial score (nSPS) is 20.1. The lowest BCUT2D eigenvalue weighted by Gasteiger charge is -2.33. The lowest BCUT2D eigenvalue weighted by molar-refractivity contribution is -0.00679. The van der Waals surface area contributed by atoms with E-state index in [-0.39, 0.29) is 12.0 Å². The van der Waals surface area contributed by atoms with Crippen LogP contribution >= 0.6 is 0 Å². The second kappa shape index (κ2) is 8.53. The predicted molar refractivity (Wildman–Crippen MR) is 106 cm³/mol. The van der Waals surface area contributed by atoms with Crippen molar-refractivity contribution in [2.45, 2.75) is 38.4 Å². The highest BCUT2D eigenvalue weighted by Gasteiger charge is 2.27. The molecule has 2 saturated heterocycles. The summed E-state index contributed by atoms with van der Waals surface area (Å²) in [6.07, 6.45) is 8.07. The molecule has 1 atom stereocenters. The van der Waals surface area contributed by atoms with E-state index >= 15 is 0 Å². The fourth-order valence-corrected chi connectivity index (χ4v) is 4.01. The molecule has 1 amide bonds. The molecule has 0 radical (unpaired) electrons. The standard InChI is InChI=1S/C22H27N3O2/c26-22(20-9-1-2-10-21(20)24-12-3-4-13-24)25-14-6-8-19(16-25)27-17-18-7-5-11-23-15-18/h1-2,5,7,9-11,15,19H,3-4,6,8,12-14,16-17H2/t19-/m1/s1. The van der Waals surface area contributed by atoms with Crippen molar-refractivity contribution < 1.29 is 9.53 Å². The molecule has 3 heterocycles. The minimum absolute atomic E-state index is 0.0851. The summed E-state index contributed by atoms with van der Waals surface area (Å²) in [6.45, 7) is 4.10. The van der Waals surface area contributed by atoms with E-state index in [1.807, 2.05) is 41.4 Å². The molecule has 5 nitrogen and oxygen atoms in total. The number of anilines is 1. The Morgan fingerprint density at radius 3 is 2.74 bits per heavy atom. The largest absolute Gasteiger partial charge is 0.372 e. The van der Waals surface area contributed by atoms with Crippen LogP contribution in [0.2, 0.25) is 0 Å². The summed E-state index contributed by atoms with van der Waals surface area (Å²) in [5.74, 6) is 0.132. The van der Waals surface area contributed by atoms with Gasteiger partial charge in [0.05, 0.1) is 18.3 Å². The summed E-state index contributed by atoms with van der Waals surface area (Å²) < 4.78 is 6.07. The average Bonchev–Trinajstić information content (AvgIpc) is 3.27. The number of amides is 1. The summed E-state index contributed by atoms with van der Waals surface area (Å²) in [4.78, 5) is 21.7. The number of rotatable bonds is 5. The Morgan fingerprint density at radius 1 is 1.07 bits per heavy atom. The molecular formula is C22H27N3O2. The Labute approximate surface area is 161 Å². The van der Waals surface area contributed by atoms with Crippen molar-refractivity contribution in [1.29, 1.82) is 0 Å². The minimum atomic E-state index is 0.0851. The van der Waals surface area contributed by atoms with Crippen molar-refractivity contribution in [2.24, 2.45) is 0 Å². The zero-order valence-electron chi connectivity index (χ0n) is 15.7. The van der Waals surface area contributed by atoms with Gasteiger partial charge in [-0.1, -0.05) is 18.2 Å². The van der Waals surface area contributed by atoms with Crippen molar-refractivity contribution in [3.05, 3.63) is 59.9 Å². The van der Waals surface area contributed by atoms with Gasteiger partial charge in [-0.3, -0.25) is 9.78 Å². The monoisotopic (exact) mass is 365 g/mol. The van der Waals surface area contributed by atoms with Crippen molar-refractivity contribution in [3.8, 4) is 0 Å². The van der Waals surface area contributed by atoms with E-state index in [0.29, 0.717) is 13.2 Å². The summed E-state index contributed by atoms with van der Waals surface area (Å²) in [6, 6.07) is 12.0. The molecule has 2 aromatic rings. The number of hydrogen-bond donors (Lipinski definition) is 0. The fraction of sp³-hybridized carbons (Fsp3) is 0.455. The molecule has 4 rings (SSSR count). The summed E-state index contributed by atoms with van der Waals surface area (Å²) >= 11 is 0. The highest BCUT2D eigenvalue weighted by atomic mass is 16.5. The first-order valence-electron chi connectivity index (χ1n) is 9.95. The Hall–Kier alpha value is -2.40. The number of likely N-dealkylation sites (tertiary alicyclic amines) is 1. The predicted octanol–water partition coefficient (Wildman–Crippen LogP) is 3.50. The van der Waals surface area contributed by atoms with Crippen LogP contribution in [0.25, 0.3) is 0 Å². The van der Waals surface area contributed by atoms with E-state index in [2.05, 4.69) is 16.0 Å². The van der Waals surface area contributed by atoms with E-state index in [1.54, 1.807) is 6.20 Å². The van der Waals surface area contributed by atoms with Crippen LogP contribution in [0.4, 0.5) is 5.69 Å². The first kappa shape index (κ1) is 18.0. The number of para-hydroxylation sites is 1. The van der Waals surface area contributed by atoms with Crippen LogP contribution in [-0.4, -0.2) is 48.1 Å².